The second kappa shape index (κ2) is 3.19. The predicted molar refractivity (Wildman–Crippen MR) is 53.6 cm³/mol. The van der Waals surface area contributed by atoms with E-state index < -0.39 is 0 Å². The zero-order chi connectivity index (χ0) is 8.55. The molecule has 0 spiro atoms. The average Bonchev–Trinajstić information content (AvgIpc) is 2.72. The Balaban J connectivity index is 1.97. The van der Waals surface area contributed by atoms with Gasteiger partial charge in [-0.15, -0.1) is 11.3 Å². The first-order valence-corrected chi connectivity index (χ1v) is 5.40. The van der Waals surface area contributed by atoms with Crippen molar-refractivity contribution in [1.82, 2.24) is 5.32 Å². The molecule has 1 unspecified atom stereocenters. The highest BCUT2D eigenvalue weighted by molar-refractivity contribution is 7.12. The van der Waals surface area contributed by atoms with Crippen LogP contribution >= 0.6 is 11.3 Å². The minimum Gasteiger partial charge on any atom is -0.307 e. The Labute approximate surface area is 77.8 Å². The van der Waals surface area contributed by atoms with Crippen LogP contribution in [0.4, 0.5) is 0 Å². The fourth-order valence-corrected chi connectivity index (χ4v) is 2.26. The van der Waals surface area contributed by atoms with Crippen LogP contribution in [0, 0.1) is 6.92 Å². The van der Waals surface area contributed by atoms with Crippen molar-refractivity contribution in [3.05, 3.63) is 21.9 Å². The molecule has 1 N–H and O–H groups in total. The molecule has 0 aliphatic heterocycles. The van der Waals surface area contributed by atoms with E-state index in [1.807, 2.05) is 11.3 Å². The van der Waals surface area contributed by atoms with Crippen molar-refractivity contribution in [2.75, 3.05) is 0 Å². The fraction of sp³-hybridized carbons (Fsp3) is 0.600. The van der Waals surface area contributed by atoms with Crippen LogP contribution in [0.25, 0.3) is 0 Å². The summed E-state index contributed by atoms with van der Waals surface area (Å²) < 4.78 is 0. The van der Waals surface area contributed by atoms with Crippen molar-refractivity contribution in [1.29, 1.82) is 0 Å². The van der Waals surface area contributed by atoms with E-state index in [0.717, 1.165) is 6.04 Å². The lowest BCUT2D eigenvalue weighted by Crippen LogP contribution is -2.19. The van der Waals surface area contributed by atoms with Gasteiger partial charge in [0.25, 0.3) is 0 Å². The molecule has 0 saturated heterocycles. The Kier molecular flexibility index (Phi) is 2.20. The number of hydrogen-bond acceptors (Lipinski definition) is 2. The van der Waals surface area contributed by atoms with Crippen LogP contribution in [0.1, 0.15) is 35.6 Å². The SMILES string of the molecule is Cc1ccc(C(C)NC2CC2)s1. The maximum Gasteiger partial charge on any atom is 0.0388 e. The van der Waals surface area contributed by atoms with E-state index in [9.17, 15) is 0 Å². The fourth-order valence-electron chi connectivity index (χ4n) is 1.37. The first-order valence-electron chi connectivity index (χ1n) is 4.58. The molecule has 1 aliphatic rings. The third-order valence-corrected chi connectivity index (χ3v) is 3.43. The molecule has 1 aliphatic carbocycles. The third-order valence-electron chi connectivity index (χ3n) is 2.25. The van der Waals surface area contributed by atoms with Crippen LogP contribution in [-0.2, 0) is 0 Å². The van der Waals surface area contributed by atoms with E-state index in [1.54, 1.807) is 0 Å². The van der Waals surface area contributed by atoms with Gasteiger partial charge in [0, 0.05) is 21.8 Å². The molecule has 0 radical (unpaired) electrons. The highest BCUT2D eigenvalue weighted by atomic mass is 32.1. The van der Waals surface area contributed by atoms with Gasteiger partial charge in [-0.25, -0.2) is 0 Å². The molecular formula is C10H15NS. The Bertz CT molecular complexity index is 263. The van der Waals surface area contributed by atoms with Crippen molar-refractivity contribution in [2.24, 2.45) is 0 Å². The van der Waals surface area contributed by atoms with Crippen LogP contribution in [0.15, 0.2) is 12.1 Å². The summed E-state index contributed by atoms with van der Waals surface area (Å²) in [6.07, 6.45) is 2.74. The molecule has 1 saturated carbocycles. The molecule has 1 aromatic rings. The van der Waals surface area contributed by atoms with Crippen molar-refractivity contribution in [3.63, 3.8) is 0 Å². The number of nitrogens with one attached hydrogen (secondary N) is 1. The summed E-state index contributed by atoms with van der Waals surface area (Å²) in [6, 6.07) is 5.80. The van der Waals surface area contributed by atoms with Gasteiger partial charge >= 0.3 is 0 Å². The monoisotopic (exact) mass is 181 g/mol. The van der Waals surface area contributed by atoms with E-state index >= 15 is 0 Å². The first kappa shape index (κ1) is 8.27. The van der Waals surface area contributed by atoms with Gasteiger partial charge in [0.05, 0.1) is 0 Å². The quantitative estimate of drug-likeness (QED) is 0.756. The van der Waals surface area contributed by atoms with Crippen LogP contribution in [0.2, 0.25) is 0 Å². The molecule has 1 heterocycles. The molecule has 1 atom stereocenters. The summed E-state index contributed by atoms with van der Waals surface area (Å²) in [4.78, 5) is 2.88. The highest BCUT2D eigenvalue weighted by Crippen LogP contribution is 2.27. The van der Waals surface area contributed by atoms with E-state index in [2.05, 4.69) is 31.3 Å². The molecule has 1 fully saturated rings. The molecular weight excluding hydrogens is 166 g/mol. The third kappa shape index (κ3) is 1.87. The van der Waals surface area contributed by atoms with E-state index in [0.29, 0.717) is 6.04 Å². The Morgan fingerprint density at radius 3 is 2.75 bits per heavy atom. The molecule has 2 rings (SSSR count). The number of aryl methyl sites for hydroxylation is 1. The van der Waals surface area contributed by atoms with Gasteiger partial charge in [-0.3, -0.25) is 0 Å². The largest absolute Gasteiger partial charge is 0.307 e. The molecule has 2 heteroatoms. The van der Waals surface area contributed by atoms with Crippen LogP contribution in [0.3, 0.4) is 0 Å². The van der Waals surface area contributed by atoms with Crippen LogP contribution < -0.4 is 5.32 Å². The van der Waals surface area contributed by atoms with Crippen molar-refractivity contribution < 1.29 is 0 Å². The van der Waals surface area contributed by atoms with Crippen LogP contribution in [0.5, 0.6) is 0 Å². The Morgan fingerprint density at radius 1 is 1.50 bits per heavy atom. The molecule has 66 valence electrons. The van der Waals surface area contributed by atoms with E-state index in [4.69, 9.17) is 0 Å². The minimum absolute atomic E-state index is 0.552. The maximum absolute atomic E-state index is 3.59. The molecule has 1 aromatic heterocycles. The van der Waals surface area contributed by atoms with Gasteiger partial charge in [-0.2, -0.15) is 0 Å². The first-order chi connectivity index (χ1) is 5.75. The van der Waals surface area contributed by atoms with Gasteiger partial charge in [-0.1, -0.05) is 0 Å². The number of hydrogen-bond donors (Lipinski definition) is 1. The number of thiophene rings is 1. The molecule has 1 nitrogen and oxygen atoms in total. The predicted octanol–water partition coefficient (Wildman–Crippen LogP) is 2.87. The second-order valence-electron chi connectivity index (χ2n) is 3.61. The van der Waals surface area contributed by atoms with Gasteiger partial charge < -0.3 is 5.32 Å². The summed E-state index contributed by atoms with van der Waals surface area (Å²) in [5, 5.41) is 3.59. The van der Waals surface area contributed by atoms with Gasteiger partial charge in [0.15, 0.2) is 0 Å². The summed E-state index contributed by atoms with van der Waals surface area (Å²) in [7, 11) is 0. The molecule has 12 heavy (non-hydrogen) atoms. The summed E-state index contributed by atoms with van der Waals surface area (Å²) >= 11 is 1.90. The molecule has 0 aromatic carbocycles. The molecule has 0 amide bonds. The van der Waals surface area contributed by atoms with E-state index in [-0.39, 0.29) is 0 Å². The van der Waals surface area contributed by atoms with Crippen molar-refractivity contribution in [3.8, 4) is 0 Å². The van der Waals surface area contributed by atoms with Crippen molar-refractivity contribution >= 4 is 11.3 Å². The lowest BCUT2D eigenvalue weighted by molar-refractivity contribution is 0.579. The Morgan fingerprint density at radius 2 is 2.25 bits per heavy atom. The van der Waals surface area contributed by atoms with Crippen molar-refractivity contribution in [2.45, 2.75) is 38.8 Å². The summed E-state index contributed by atoms with van der Waals surface area (Å²) in [5.74, 6) is 0. The number of rotatable bonds is 3. The summed E-state index contributed by atoms with van der Waals surface area (Å²) in [6.45, 7) is 4.42. The van der Waals surface area contributed by atoms with Gasteiger partial charge in [0.1, 0.15) is 0 Å². The topological polar surface area (TPSA) is 12.0 Å². The van der Waals surface area contributed by atoms with Crippen LogP contribution in [-0.4, -0.2) is 6.04 Å². The van der Waals surface area contributed by atoms with E-state index in [1.165, 1.54) is 22.6 Å². The highest BCUT2D eigenvalue weighted by Gasteiger charge is 2.23. The Hall–Kier alpha value is -0.340. The van der Waals surface area contributed by atoms with Gasteiger partial charge in [0.2, 0.25) is 0 Å². The summed E-state index contributed by atoms with van der Waals surface area (Å²) in [5.41, 5.74) is 0. The molecule has 0 bridgehead atoms. The standard InChI is InChI=1S/C10H15NS/c1-7-3-6-10(12-7)8(2)11-9-4-5-9/h3,6,8-9,11H,4-5H2,1-2H3. The average molecular weight is 181 g/mol. The normalized spacial score (nSPS) is 19.5. The van der Waals surface area contributed by atoms with Gasteiger partial charge in [-0.05, 0) is 38.8 Å². The maximum atomic E-state index is 3.59. The zero-order valence-electron chi connectivity index (χ0n) is 7.63. The lowest BCUT2D eigenvalue weighted by Gasteiger charge is -2.10. The minimum atomic E-state index is 0.552. The lowest BCUT2D eigenvalue weighted by atomic mass is 10.2. The second-order valence-corrected chi connectivity index (χ2v) is 4.93. The smallest absolute Gasteiger partial charge is 0.0388 e. The zero-order valence-corrected chi connectivity index (χ0v) is 8.45.